The average Bonchev–Trinajstić information content (AvgIpc) is 3.32. The number of furan rings is 1. The Labute approximate surface area is 179 Å². The van der Waals surface area contributed by atoms with E-state index in [2.05, 4.69) is 12.0 Å². The Balaban J connectivity index is 1.70. The molecule has 0 aliphatic carbocycles. The first-order valence-electron chi connectivity index (χ1n) is 9.34. The van der Waals surface area contributed by atoms with Gasteiger partial charge in [0.1, 0.15) is 5.76 Å². The first-order chi connectivity index (χ1) is 14.3. The number of rotatable bonds is 6. The van der Waals surface area contributed by atoms with Crippen LogP contribution >= 0.6 is 11.8 Å². The normalized spacial score (nSPS) is 12.2. The van der Waals surface area contributed by atoms with Crippen molar-refractivity contribution in [3.63, 3.8) is 0 Å². The molecule has 1 aromatic carbocycles. The SMILES string of the molecule is Cc1cc(C)c2c(-c3ccccc3)nc(SCc3ccc(S(=O)(=O)N(C)C)o3)n2n1. The van der Waals surface area contributed by atoms with E-state index >= 15 is 0 Å². The van der Waals surface area contributed by atoms with Crippen molar-refractivity contribution in [2.75, 3.05) is 14.1 Å². The molecule has 0 spiro atoms. The lowest BCUT2D eigenvalue weighted by Gasteiger charge is -2.07. The molecule has 3 aromatic heterocycles. The smallest absolute Gasteiger partial charge is 0.275 e. The number of fused-ring (bicyclic) bond motifs is 1. The Hall–Kier alpha value is -2.62. The van der Waals surface area contributed by atoms with E-state index in [0.29, 0.717) is 11.5 Å². The molecule has 4 aromatic rings. The largest absolute Gasteiger partial charge is 0.447 e. The summed E-state index contributed by atoms with van der Waals surface area (Å²) in [6, 6.07) is 15.2. The van der Waals surface area contributed by atoms with Gasteiger partial charge in [0.25, 0.3) is 10.0 Å². The maximum absolute atomic E-state index is 12.2. The number of hydrogen-bond acceptors (Lipinski definition) is 6. The van der Waals surface area contributed by atoms with Gasteiger partial charge in [-0.25, -0.2) is 22.2 Å². The average molecular weight is 443 g/mol. The molecule has 9 heteroatoms. The minimum absolute atomic E-state index is 0.0640. The van der Waals surface area contributed by atoms with E-state index in [4.69, 9.17) is 9.40 Å². The zero-order valence-corrected chi connectivity index (χ0v) is 18.8. The summed E-state index contributed by atoms with van der Waals surface area (Å²) in [7, 11) is -0.639. The van der Waals surface area contributed by atoms with Crippen LogP contribution in [0.4, 0.5) is 0 Å². The predicted molar refractivity (Wildman–Crippen MR) is 117 cm³/mol. The fraction of sp³-hybridized carbons (Fsp3) is 0.238. The summed E-state index contributed by atoms with van der Waals surface area (Å²) in [5, 5.41) is 5.32. The van der Waals surface area contributed by atoms with E-state index in [-0.39, 0.29) is 5.09 Å². The van der Waals surface area contributed by atoms with Crippen LogP contribution in [0.3, 0.4) is 0 Å². The molecule has 0 saturated heterocycles. The topological polar surface area (TPSA) is 80.7 Å². The number of aryl methyl sites for hydroxylation is 2. The van der Waals surface area contributed by atoms with Crippen molar-refractivity contribution < 1.29 is 12.8 Å². The van der Waals surface area contributed by atoms with E-state index in [1.807, 2.05) is 47.8 Å². The summed E-state index contributed by atoms with van der Waals surface area (Å²) in [6.45, 7) is 4.01. The van der Waals surface area contributed by atoms with Crippen LogP contribution in [0.25, 0.3) is 16.8 Å². The highest BCUT2D eigenvalue weighted by atomic mass is 32.2. The molecular weight excluding hydrogens is 420 g/mol. The van der Waals surface area contributed by atoms with Crippen molar-refractivity contribution in [2.24, 2.45) is 0 Å². The number of thioether (sulfide) groups is 1. The maximum atomic E-state index is 12.2. The summed E-state index contributed by atoms with van der Waals surface area (Å²) < 4.78 is 33.0. The second-order valence-corrected chi connectivity index (χ2v) is 10.2. The van der Waals surface area contributed by atoms with E-state index in [1.54, 1.807) is 6.07 Å². The van der Waals surface area contributed by atoms with Crippen LogP contribution in [0.1, 0.15) is 17.0 Å². The zero-order valence-electron chi connectivity index (χ0n) is 17.2. The van der Waals surface area contributed by atoms with Crippen molar-refractivity contribution >= 4 is 27.3 Å². The molecule has 0 atom stereocenters. The lowest BCUT2D eigenvalue weighted by atomic mass is 10.1. The molecule has 0 N–H and O–H groups in total. The van der Waals surface area contributed by atoms with Crippen LogP contribution in [-0.4, -0.2) is 41.4 Å². The van der Waals surface area contributed by atoms with Gasteiger partial charge in [0, 0.05) is 19.7 Å². The first kappa shape index (κ1) is 20.6. The van der Waals surface area contributed by atoms with Gasteiger partial charge in [-0.3, -0.25) is 0 Å². The van der Waals surface area contributed by atoms with Gasteiger partial charge in [-0.15, -0.1) is 0 Å². The second-order valence-electron chi connectivity index (χ2n) is 7.13. The lowest BCUT2D eigenvalue weighted by Crippen LogP contribution is -2.21. The molecule has 156 valence electrons. The van der Waals surface area contributed by atoms with Gasteiger partial charge in [-0.05, 0) is 37.6 Å². The van der Waals surface area contributed by atoms with E-state index in [9.17, 15) is 8.42 Å². The zero-order chi connectivity index (χ0) is 21.5. The van der Waals surface area contributed by atoms with Gasteiger partial charge in [0.15, 0.2) is 5.16 Å². The molecule has 0 fully saturated rings. The Bertz CT molecular complexity index is 1310. The molecule has 0 unspecified atom stereocenters. The van der Waals surface area contributed by atoms with Crippen molar-refractivity contribution in [1.82, 2.24) is 18.9 Å². The molecule has 7 nitrogen and oxygen atoms in total. The third-order valence-electron chi connectivity index (χ3n) is 4.64. The molecule has 30 heavy (non-hydrogen) atoms. The minimum Gasteiger partial charge on any atom is -0.447 e. The summed E-state index contributed by atoms with van der Waals surface area (Å²) >= 11 is 1.46. The van der Waals surface area contributed by atoms with Crippen LogP contribution in [-0.2, 0) is 15.8 Å². The Morgan fingerprint density at radius 1 is 1.10 bits per heavy atom. The van der Waals surface area contributed by atoms with Crippen LogP contribution in [0, 0.1) is 13.8 Å². The number of nitrogens with zero attached hydrogens (tertiary/aromatic N) is 4. The minimum atomic E-state index is -3.59. The van der Waals surface area contributed by atoms with Gasteiger partial charge in [0.2, 0.25) is 5.09 Å². The molecule has 0 bridgehead atoms. The summed E-state index contributed by atoms with van der Waals surface area (Å²) in [5.41, 5.74) is 4.85. The number of sulfonamides is 1. The Kier molecular flexibility index (Phi) is 5.44. The molecule has 0 aliphatic heterocycles. The Morgan fingerprint density at radius 2 is 1.83 bits per heavy atom. The van der Waals surface area contributed by atoms with Crippen LogP contribution in [0.5, 0.6) is 0 Å². The molecule has 4 rings (SSSR count). The van der Waals surface area contributed by atoms with Crippen molar-refractivity contribution in [2.45, 2.75) is 29.8 Å². The number of aromatic nitrogens is 3. The first-order valence-corrected chi connectivity index (χ1v) is 11.8. The summed E-state index contributed by atoms with van der Waals surface area (Å²) in [6.07, 6.45) is 0. The highest BCUT2D eigenvalue weighted by Gasteiger charge is 2.22. The number of imidazole rings is 1. The van der Waals surface area contributed by atoms with Crippen molar-refractivity contribution in [3.8, 4) is 11.3 Å². The van der Waals surface area contributed by atoms with Crippen LogP contribution in [0.15, 0.2) is 63.2 Å². The highest BCUT2D eigenvalue weighted by molar-refractivity contribution is 7.98. The van der Waals surface area contributed by atoms with Gasteiger partial charge in [-0.2, -0.15) is 5.10 Å². The maximum Gasteiger partial charge on any atom is 0.275 e. The van der Waals surface area contributed by atoms with E-state index in [1.165, 1.54) is 31.9 Å². The van der Waals surface area contributed by atoms with Crippen molar-refractivity contribution in [3.05, 3.63) is 65.5 Å². The number of hydrogen-bond donors (Lipinski definition) is 0. The van der Waals surface area contributed by atoms with Crippen LogP contribution < -0.4 is 0 Å². The standard InChI is InChI=1S/C21H22N4O3S2/c1-14-12-15(2)23-25-20(14)19(16-8-6-5-7-9-16)22-21(25)29-13-17-10-11-18(28-17)30(26,27)24(3)4/h5-12H,13H2,1-4H3. The predicted octanol–water partition coefficient (Wildman–Crippen LogP) is 4.15. The summed E-state index contributed by atoms with van der Waals surface area (Å²) in [5.74, 6) is 0.994. The lowest BCUT2D eigenvalue weighted by molar-refractivity contribution is 0.408. The molecule has 0 aliphatic rings. The molecule has 0 radical (unpaired) electrons. The Morgan fingerprint density at radius 3 is 2.53 bits per heavy atom. The third kappa shape index (κ3) is 3.76. The second kappa shape index (κ2) is 7.90. The molecule has 0 saturated carbocycles. The van der Waals surface area contributed by atoms with Crippen molar-refractivity contribution in [1.29, 1.82) is 0 Å². The summed E-state index contributed by atoms with van der Waals surface area (Å²) in [4.78, 5) is 4.86. The molecule has 3 heterocycles. The fourth-order valence-corrected chi connectivity index (χ4v) is 4.84. The highest BCUT2D eigenvalue weighted by Crippen LogP contribution is 2.32. The monoisotopic (exact) mass is 442 g/mol. The van der Waals surface area contributed by atoms with Gasteiger partial charge in [-0.1, -0.05) is 42.1 Å². The molecule has 0 amide bonds. The van der Waals surface area contributed by atoms with Crippen LogP contribution in [0.2, 0.25) is 0 Å². The third-order valence-corrected chi connectivity index (χ3v) is 7.28. The van der Waals surface area contributed by atoms with Gasteiger partial charge < -0.3 is 4.42 Å². The van der Waals surface area contributed by atoms with Gasteiger partial charge >= 0.3 is 0 Å². The van der Waals surface area contributed by atoms with E-state index in [0.717, 1.165) is 37.5 Å². The molecular formula is C21H22N4O3S2. The fourth-order valence-electron chi connectivity index (χ4n) is 3.19. The quantitative estimate of drug-likeness (QED) is 0.417. The van der Waals surface area contributed by atoms with E-state index < -0.39 is 10.0 Å². The number of benzene rings is 1. The van der Waals surface area contributed by atoms with Gasteiger partial charge in [0.05, 0.1) is 22.7 Å².